The maximum Gasteiger partial charge on any atom is 0.240 e. The maximum absolute atomic E-state index is 11.9. The molecule has 0 aliphatic carbocycles. The highest BCUT2D eigenvalue weighted by atomic mass is 16.5. The lowest BCUT2D eigenvalue weighted by atomic mass is 9.93. The highest BCUT2D eigenvalue weighted by Gasteiger charge is 2.31. The van der Waals surface area contributed by atoms with Crippen LogP contribution in [0.1, 0.15) is 33.1 Å². The van der Waals surface area contributed by atoms with Crippen LogP contribution in [0.25, 0.3) is 0 Å². The van der Waals surface area contributed by atoms with Crippen molar-refractivity contribution in [3.8, 4) is 0 Å². The Bertz CT molecular complexity index is 199. The lowest BCUT2D eigenvalue weighted by Gasteiger charge is -2.28. The second-order valence-electron chi connectivity index (χ2n) is 4.00. The second-order valence-corrected chi connectivity index (χ2v) is 4.00. The third-order valence-electron chi connectivity index (χ3n) is 2.89. The van der Waals surface area contributed by atoms with E-state index >= 15 is 0 Å². The average molecular weight is 232 g/mol. The van der Waals surface area contributed by atoms with E-state index in [1.54, 1.807) is 7.11 Å². The Morgan fingerprint density at radius 3 is 2.44 bits per heavy atom. The second kappa shape index (κ2) is 7.60. The molecule has 0 radical (unpaired) electrons. The SMILES string of the molecule is CCC(N)(CC)C(=O)NC(CCO)COC. The number of methoxy groups -OCH3 is 1. The molecule has 0 rings (SSSR count). The van der Waals surface area contributed by atoms with E-state index in [0.717, 1.165) is 0 Å². The Hall–Kier alpha value is -0.650. The van der Waals surface area contributed by atoms with Gasteiger partial charge in [-0.15, -0.1) is 0 Å². The third-order valence-corrected chi connectivity index (χ3v) is 2.89. The summed E-state index contributed by atoms with van der Waals surface area (Å²) in [5.74, 6) is -0.173. The quantitative estimate of drug-likeness (QED) is 0.550. The van der Waals surface area contributed by atoms with Gasteiger partial charge in [0, 0.05) is 13.7 Å². The van der Waals surface area contributed by atoms with E-state index in [2.05, 4.69) is 5.32 Å². The summed E-state index contributed by atoms with van der Waals surface area (Å²) in [4.78, 5) is 11.9. The van der Waals surface area contributed by atoms with Crippen LogP contribution in [-0.4, -0.2) is 42.9 Å². The van der Waals surface area contributed by atoms with Crippen LogP contribution in [-0.2, 0) is 9.53 Å². The van der Waals surface area contributed by atoms with Crippen LogP contribution < -0.4 is 11.1 Å². The largest absolute Gasteiger partial charge is 0.396 e. The van der Waals surface area contributed by atoms with Gasteiger partial charge in [-0.3, -0.25) is 4.79 Å². The van der Waals surface area contributed by atoms with Gasteiger partial charge in [0.2, 0.25) is 5.91 Å². The lowest BCUT2D eigenvalue weighted by molar-refractivity contribution is -0.127. The molecule has 0 aromatic heterocycles. The van der Waals surface area contributed by atoms with Crippen molar-refractivity contribution in [1.29, 1.82) is 0 Å². The molecule has 0 aliphatic rings. The number of carbonyl (C=O) groups excluding carboxylic acids is 1. The van der Waals surface area contributed by atoms with Crippen LogP contribution in [0.15, 0.2) is 0 Å². The van der Waals surface area contributed by atoms with Crippen molar-refractivity contribution < 1.29 is 14.6 Å². The van der Waals surface area contributed by atoms with Gasteiger partial charge < -0.3 is 20.9 Å². The van der Waals surface area contributed by atoms with Crippen LogP contribution >= 0.6 is 0 Å². The van der Waals surface area contributed by atoms with E-state index in [4.69, 9.17) is 15.6 Å². The Morgan fingerprint density at radius 2 is 2.06 bits per heavy atom. The minimum atomic E-state index is -0.818. The number of amides is 1. The number of ether oxygens (including phenoxy) is 1. The Balaban J connectivity index is 4.37. The summed E-state index contributed by atoms with van der Waals surface area (Å²) < 4.78 is 4.97. The first kappa shape index (κ1) is 15.3. The maximum atomic E-state index is 11.9. The van der Waals surface area contributed by atoms with Gasteiger partial charge in [-0.2, -0.15) is 0 Å². The number of carbonyl (C=O) groups is 1. The summed E-state index contributed by atoms with van der Waals surface area (Å²) in [7, 11) is 1.56. The van der Waals surface area contributed by atoms with Gasteiger partial charge in [0.05, 0.1) is 18.2 Å². The summed E-state index contributed by atoms with van der Waals surface area (Å²) in [6, 6.07) is -0.177. The number of hydrogen-bond donors (Lipinski definition) is 3. The fourth-order valence-corrected chi connectivity index (χ4v) is 1.45. The van der Waals surface area contributed by atoms with Gasteiger partial charge in [0.1, 0.15) is 0 Å². The van der Waals surface area contributed by atoms with Crippen molar-refractivity contribution >= 4 is 5.91 Å². The van der Waals surface area contributed by atoms with Crippen molar-refractivity contribution in [2.45, 2.75) is 44.7 Å². The molecular formula is C11H24N2O3. The normalized spacial score (nSPS) is 13.6. The summed E-state index contributed by atoms with van der Waals surface area (Å²) in [6.07, 6.45) is 1.66. The summed E-state index contributed by atoms with van der Waals surface area (Å²) in [6.45, 7) is 4.18. The van der Waals surface area contributed by atoms with Crippen LogP contribution in [0.5, 0.6) is 0 Å². The molecule has 0 saturated carbocycles. The molecule has 4 N–H and O–H groups in total. The molecule has 0 spiro atoms. The predicted molar refractivity (Wildman–Crippen MR) is 63.0 cm³/mol. The van der Waals surface area contributed by atoms with E-state index < -0.39 is 5.54 Å². The molecular weight excluding hydrogens is 208 g/mol. The first-order chi connectivity index (χ1) is 7.53. The molecule has 96 valence electrons. The molecule has 0 aliphatic heterocycles. The van der Waals surface area contributed by atoms with Crippen molar-refractivity contribution in [3.05, 3.63) is 0 Å². The van der Waals surface area contributed by atoms with Gasteiger partial charge in [0.25, 0.3) is 0 Å². The van der Waals surface area contributed by atoms with E-state index in [9.17, 15) is 4.79 Å². The molecule has 1 atom stereocenters. The molecule has 1 amide bonds. The zero-order chi connectivity index (χ0) is 12.6. The summed E-state index contributed by atoms with van der Waals surface area (Å²) >= 11 is 0. The van der Waals surface area contributed by atoms with Crippen LogP contribution in [0, 0.1) is 0 Å². The van der Waals surface area contributed by atoms with Crippen LogP contribution in [0.3, 0.4) is 0 Å². The molecule has 0 saturated heterocycles. The first-order valence-corrected chi connectivity index (χ1v) is 5.73. The number of rotatable bonds is 8. The molecule has 5 heteroatoms. The highest BCUT2D eigenvalue weighted by molar-refractivity contribution is 5.86. The smallest absolute Gasteiger partial charge is 0.240 e. The fourth-order valence-electron chi connectivity index (χ4n) is 1.45. The van der Waals surface area contributed by atoms with Crippen molar-refractivity contribution in [3.63, 3.8) is 0 Å². The monoisotopic (exact) mass is 232 g/mol. The van der Waals surface area contributed by atoms with Crippen molar-refractivity contribution in [2.75, 3.05) is 20.3 Å². The van der Waals surface area contributed by atoms with Crippen LogP contribution in [0.4, 0.5) is 0 Å². The number of aliphatic hydroxyl groups excluding tert-OH is 1. The minimum absolute atomic E-state index is 0.0180. The highest BCUT2D eigenvalue weighted by Crippen LogP contribution is 2.11. The molecule has 0 aromatic carbocycles. The van der Waals surface area contributed by atoms with E-state index in [1.165, 1.54) is 0 Å². The van der Waals surface area contributed by atoms with Gasteiger partial charge in [-0.25, -0.2) is 0 Å². The fraction of sp³-hybridized carbons (Fsp3) is 0.909. The van der Waals surface area contributed by atoms with Crippen molar-refractivity contribution in [2.24, 2.45) is 5.73 Å². The number of nitrogens with one attached hydrogen (secondary N) is 1. The Morgan fingerprint density at radius 1 is 1.50 bits per heavy atom. The number of aliphatic hydroxyl groups is 1. The molecule has 1 unspecified atom stereocenters. The lowest BCUT2D eigenvalue weighted by Crippen LogP contribution is -2.56. The van der Waals surface area contributed by atoms with Gasteiger partial charge in [0.15, 0.2) is 0 Å². The molecule has 0 fully saturated rings. The topological polar surface area (TPSA) is 84.6 Å². The molecule has 16 heavy (non-hydrogen) atoms. The minimum Gasteiger partial charge on any atom is -0.396 e. The zero-order valence-electron chi connectivity index (χ0n) is 10.5. The van der Waals surface area contributed by atoms with E-state index in [1.807, 2.05) is 13.8 Å². The standard InChI is InChI=1S/C11H24N2O3/c1-4-11(12,5-2)10(15)13-9(6-7-14)8-16-3/h9,14H,4-8,12H2,1-3H3,(H,13,15). The number of hydrogen-bond acceptors (Lipinski definition) is 4. The van der Waals surface area contributed by atoms with Gasteiger partial charge in [-0.1, -0.05) is 13.8 Å². The Labute approximate surface area is 97.3 Å². The zero-order valence-corrected chi connectivity index (χ0v) is 10.5. The predicted octanol–water partition coefficient (Wildman–Crippen LogP) is 0.0175. The first-order valence-electron chi connectivity index (χ1n) is 5.73. The molecule has 0 aromatic rings. The molecule has 0 bridgehead atoms. The Kier molecular flexibility index (Phi) is 7.29. The van der Waals surface area contributed by atoms with E-state index in [-0.39, 0.29) is 18.6 Å². The molecule has 0 heterocycles. The third kappa shape index (κ3) is 4.47. The van der Waals surface area contributed by atoms with E-state index in [0.29, 0.717) is 25.9 Å². The van der Waals surface area contributed by atoms with Crippen LogP contribution in [0.2, 0.25) is 0 Å². The average Bonchev–Trinajstić information content (AvgIpc) is 2.28. The van der Waals surface area contributed by atoms with Gasteiger partial charge in [-0.05, 0) is 19.3 Å². The molecule has 5 nitrogen and oxygen atoms in total. The summed E-state index contributed by atoms with van der Waals surface area (Å²) in [5.41, 5.74) is 5.15. The van der Waals surface area contributed by atoms with Crippen molar-refractivity contribution in [1.82, 2.24) is 5.32 Å². The summed E-state index contributed by atoms with van der Waals surface area (Å²) in [5, 5.41) is 11.7. The number of nitrogens with two attached hydrogens (primary N) is 1. The van der Waals surface area contributed by atoms with Gasteiger partial charge >= 0.3 is 0 Å².